The number of anilines is 1. The summed E-state index contributed by atoms with van der Waals surface area (Å²) in [5, 5.41) is 0. The van der Waals surface area contributed by atoms with E-state index in [0.29, 0.717) is 11.6 Å². The molecule has 2 aromatic heterocycles. The highest BCUT2D eigenvalue weighted by molar-refractivity contribution is 9.11. The Hall–Kier alpha value is -1.03. The van der Waals surface area contributed by atoms with E-state index >= 15 is 0 Å². The van der Waals surface area contributed by atoms with Gasteiger partial charge in [-0.25, -0.2) is 23.1 Å². The van der Waals surface area contributed by atoms with Crippen LogP contribution in [0.15, 0.2) is 26.2 Å². The molecule has 0 unspecified atom stereocenters. The van der Waals surface area contributed by atoms with E-state index in [1.807, 2.05) is 21.0 Å². The van der Waals surface area contributed by atoms with Crippen LogP contribution in [0.5, 0.6) is 0 Å². The van der Waals surface area contributed by atoms with Gasteiger partial charge in [-0.3, -0.25) is 0 Å². The predicted octanol–water partition coefficient (Wildman–Crippen LogP) is 2.15. The summed E-state index contributed by atoms with van der Waals surface area (Å²) in [6.07, 6.45) is 0. The van der Waals surface area contributed by atoms with Crippen molar-refractivity contribution in [2.75, 3.05) is 19.0 Å². The Morgan fingerprint density at radius 2 is 2.05 bits per heavy atom. The SMILES string of the molecule is Cc1cc(CNS(=O)(=O)c2ccc(Br)s2)nc(N(C)C)n1. The van der Waals surface area contributed by atoms with Crippen molar-refractivity contribution >= 4 is 43.2 Å². The van der Waals surface area contributed by atoms with Crippen LogP contribution >= 0.6 is 27.3 Å². The van der Waals surface area contributed by atoms with Crippen LogP contribution in [0.2, 0.25) is 0 Å². The van der Waals surface area contributed by atoms with Crippen molar-refractivity contribution in [2.24, 2.45) is 0 Å². The molecule has 0 aliphatic rings. The lowest BCUT2D eigenvalue weighted by atomic mass is 10.3. The van der Waals surface area contributed by atoms with Gasteiger partial charge >= 0.3 is 0 Å². The zero-order valence-electron chi connectivity index (χ0n) is 11.8. The van der Waals surface area contributed by atoms with Gasteiger partial charge < -0.3 is 4.90 Å². The molecule has 114 valence electrons. The van der Waals surface area contributed by atoms with Gasteiger partial charge in [0.1, 0.15) is 4.21 Å². The molecule has 0 amide bonds. The normalized spacial score (nSPS) is 11.6. The number of hydrogen-bond acceptors (Lipinski definition) is 6. The standard InChI is InChI=1S/C12H15BrN4O2S2/c1-8-6-9(16-12(15-8)17(2)3)7-14-21(18,19)11-5-4-10(13)20-11/h4-6,14H,7H2,1-3H3. The van der Waals surface area contributed by atoms with E-state index in [2.05, 4.69) is 30.6 Å². The van der Waals surface area contributed by atoms with Gasteiger partial charge in [0.2, 0.25) is 16.0 Å². The highest BCUT2D eigenvalue weighted by Gasteiger charge is 2.16. The topological polar surface area (TPSA) is 75.2 Å². The molecular formula is C12H15BrN4O2S2. The van der Waals surface area contributed by atoms with Crippen LogP contribution in [0.1, 0.15) is 11.4 Å². The maximum atomic E-state index is 12.1. The Labute approximate surface area is 136 Å². The molecule has 0 aromatic carbocycles. The van der Waals surface area contributed by atoms with E-state index in [9.17, 15) is 8.42 Å². The summed E-state index contributed by atoms with van der Waals surface area (Å²) < 4.78 is 27.9. The van der Waals surface area contributed by atoms with Crippen molar-refractivity contribution in [1.82, 2.24) is 14.7 Å². The second kappa shape index (κ2) is 6.39. The van der Waals surface area contributed by atoms with Crippen LogP contribution in [0.3, 0.4) is 0 Å². The first-order valence-corrected chi connectivity index (χ1v) is 9.14. The summed E-state index contributed by atoms with van der Waals surface area (Å²) >= 11 is 4.42. The average Bonchev–Trinajstić information content (AvgIpc) is 2.83. The first kappa shape index (κ1) is 16.3. The number of halogens is 1. The molecule has 9 heteroatoms. The predicted molar refractivity (Wildman–Crippen MR) is 87.1 cm³/mol. The Morgan fingerprint density at radius 1 is 1.33 bits per heavy atom. The lowest BCUT2D eigenvalue weighted by Gasteiger charge is -2.12. The second-order valence-electron chi connectivity index (χ2n) is 4.58. The first-order valence-electron chi connectivity index (χ1n) is 6.05. The largest absolute Gasteiger partial charge is 0.347 e. The van der Waals surface area contributed by atoms with E-state index in [1.54, 1.807) is 23.1 Å². The Balaban J connectivity index is 2.16. The van der Waals surface area contributed by atoms with Crippen LogP contribution in [0.25, 0.3) is 0 Å². The molecule has 0 aliphatic heterocycles. The van der Waals surface area contributed by atoms with Crippen molar-refractivity contribution in [3.63, 3.8) is 0 Å². The summed E-state index contributed by atoms with van der Waals surface area (Å²) in [4.78, 5) is 10.4. The third-order valence-electron chi connectivity index (χ3n) is 2.55. The summed E-state index contributed by atoms with van der Waals surface area (Å²) in [6, 6.07) is 5.03. The fourth-order valence-corrected chi connectivity index (χ4v) is 4.64. The maximum Gasteiger partial charge on any atom is 0.250 e. The number of thiophene rings is 1. The zero-order chi connectivity index (χ0) is 15.6. The number of nitrogens with zero attached hydrogens (tertiary/aromatic N) is 3. The summed E-state index contributed by atoms with van der Waals surface area (Å²) in [5.41, 5.74) is 1.42. The summed E-state index contributed by atoms with van der Waals surface area (Å²) in [5.74, 6) is 0.558. The van der Waals surface area contributed by atoms with Crippen molar-refractivity contribution in [1.29, 1.82) is 0 Å². The minimum atomic E-state index is -3.52. The van der Waals surface area contributed by atoms with Gasteiger partial charge in [0, 0.05) is 19.8 Å². The molecule has 0 atom stereocenters. The van der Waals surface area contributed by atoms with Crippen molar-refractivity contribution in [2.45, 2.75) is 17.7 Å². The zero-order valence-corrected chi connectivity index (χ0v) is 15.0. The monoisotopic (exact) mass is 390 g/mol. The highest BCUT2D eigenvalue weighted by atomic mass is 79.9. The van der Waals surface area contributed by atoms with Crippen LogP contribution in [0.4, 0.5) is 5.95 Å². The molecule has 6 nitrogen and oxygen atoms in total. The Kier molecular flexibility index (Phi) is 4.97. The van der Waals surface area contributed by atoms with E-state index < -0.39 is 10.0 Å². The summed E-state index contributed by atoms with van der Waals surface area (Å²) in [6.45, 7) is 1.98. The third kappa shape index (κ3) is 4.22. The smallest absolute Gasteiger partial charge is 0.250 e. The van der Waals surface area contributed by atoms with Gasteiger partial charge in [-0.05, 0) is 41.1 Å². The molecule has 1 N–H and O–H groups in total. The third-order valence-corrected chi connectivity index (χ3v) is 6.07. The number of hydrogen-bond donors (Lipinski definition) is 1. The van der Waals surface area contributed by atoms with Gasteiger partial charge in [0.15, 0.2) is 0 Å². The first-order chi connectivity index (χ1) is 9.78. The molecule has 0 spiro atoms. The maximum absolute atomic E-state index is 12.1. The molecule has 0 fully saturated rings. The van der Waals surface area contributed by atoms with Gasteiger partial charge in [-0.15, -0.1) is 11.3 Å². The summed E-state index contributed by atoms with van der Waals surface area (Å²) in [7, 11) is 0.159. The quantitative estimate of drug-likeness (QED) is 0.846. The van der Waals surface area contributed by atoms with Gasteiger partial charge in [-0.2, -0.15) is 0 Å². The van der Waals surface area contributed by atoms with Gasteiger partial charge in [0.05, 0.1) is 16.0 Å². The Morgan fingerprint density at radius 3 is 2.62 bits per heavy atom. The molecule has 0 saturated carbocycles. The molecule has 0 saturated heterocycles. The average molecular weight is 391 g/mol. The molecule has 0 bridgehead atoms. The number of aromatic nitrogens is 2. The van der Waals surface area contributed by atoms with Crippen LogP contribution in [0, 0.1) is 6.92 Å². The molecule has 2 heterocycles. The molecule has 0 radical (unpaired) electrons. The van der Waals surface area contributed by atoms with Crippen molar-refractivity contribution in [3.8, 4) is 0 Å². The van der Waals surface area contributed by atoms with E-state index in [0.717, 1.165) is 9.48 Å². The number of sulfonamides is 1. The van der Waals surface area contributed by atoms with E-state index in [1.165, 1.54) is 11.3 Å². The van der Waals surface area contributed by atoms with E-state index in [-0.39, 0.29) is 10.8 Å². The molecule has 2 rings (SSSR count). The number of rotatable bonds is 5. The number of nitrogens with one attached hydrogen (secondary N) is 1. The molecular weight excluding hydrogens is 376 g/mol. The van der Waals surface area contributed by atoms with Crippen molar-refractivity contribution in [3.05, 3.63) is 33.4 Å². The minimum Gasteiger partial charge on any atom is -0.347 e. The van der Waals surface area contributed by atoms with Gasteiger partial charge in [0.25, 0.3) is 0 Å². The fraction of sp³-hybridized carbons (Fsp3) is 0.333. The highest BCUT2D eigenvalue weighted by Crippen LogP contribution is 2.25. The fourth-order valence-electron chi connectivity index (χ4n) is 1.59. The number of aryl methyl sites for hydroxylation is 1. The van der Waals surface area contributed by atoms with Crippen molar-refractivity contribution < 1.29 is 8.42 Å². The van der Waals surface area contributed by atoms with Crippen LogP contribution < -0.4 is 9.62 Å². The van der Waals surface area contributed by atoms with Gasteiger partial charge in [-0.1, -0.05) is 0 Å². The Bertz CT molecular complexity index is 743. The lowest BCUT2D eigenvalue weighted by molar-refractivity contribution is 0.582. The minimum absolute atomic E-state index is 0.127. The lowest BCUT2D eigenvalue weighted by Crippen LogP contribution is -2.24. The van der Waals surface area contributed by atoms with Crippen LogP contribution in [-0.4, -0.2) is 32.5 Å². The molecule has 0 aliphatic carbocycles. The second-order valence-corrected chi connectivity index (χ2v) is 9.03. The molecule has 21 heavy (non-hydrogen) atoms. The molecule has 2 aromatic rings. The van der Waals surface area contributed by atoms with Crippen LogP contribution in [-0.2, 0) is 16.6 Å². The van der Waals surface area contributed by atoms with E-state index in [4.69, 9.17) is 0 Å².